The topological polar surface area (TPSA) is 105 Å². The Kier molecular flexibility index (Phi) is 3.27. The second-order valence-corrected chi connectivity index (χ2v) is 4.58. The van der Waals surface area contributed by atoms with E-state index in [9.17, 15) is 19.8 Å². The van der Waals surface area contributed by atoms with Crippen molar-refractivity contribution >= 4 is 17.6 Å². The van der Waals surface area contributed by atoms with E-state index in [-0.39, 0.29) is 22.8 Å². The van der Waals surface area contributed by atoms with E-state index in [1.54, 1.807) is 0 Å². The number of phenols is 2. The number of benzene rings is 1. The van der Waals surface area contributed by atoms with Crippen molar-refractivity contribution < 1.29 is 29.3 Å². The van der Waals surface area contributed by atoms with Crippen LogP contribution < -0.4 is 5.32 Å². The molecule has 106 valence electrons. The molecule has 0 saturated carbocycles. The van der Waals surface area contributed by atoms with Crippen LogP contribution in [0.3, 0.4) is 0 Å². The standard InChI is InChI=1S/C13H13NO6/c1-13(2)19-11(17)8(12(18)20-13)6-14-9-5-7(15)3-4-10(9)16/h3-6,14-16H,1-2H3. The number of nitrogens with one attached hydrogen (secondary N) is 1. The quantitative estimate of drug-likeness (QED) is 0.246. The van der Waals surface area contributed by atoms with Gasteiger partial charge in [0.2, 0.25) is 0 Å². The highest BCUT2D eigenvalue weighted by Gasteiger charge is 2.38. The first-order valence-corrected chi connectivity index (χ1v) is 5.74. The summed E-state index contributed by atoms with van der Waals surface area (Å²) in [6, 6.07) is 3.78. The van der Waals surface area contributed by atoms with Crippen molar-refractivity contribution in [2.45, 2.75) is 19.6 Å². The summed E-state index contributed by atoms with van der Waals surface area (Å²) >= 11 is 0. The second-order valence-electron chi connectivity index (χ2n) is 4.58. The molecule has 3 N–H and O–H groups in total. The zero-order chi connectivity index (χ0) is 14.9. The van der Waals surface area contributed by atoms with Crippen LogP contribution in [0.1, 0.15) is 13.8 Å². The predicted octanol–water partition coefficient (Wildman–Crippen LogP) is 1.23. The van der Waals surface area contributed by atoms with Gasteiger partial charge in [-0.3, -0.25) is 0 Å². The molecule has 1 heterocycles. The lowest BCUT2D eigenvalue weighted by atomic mass is 10.2. The van der Waals surface area contributed by atoms with Crippen molar-refractivity contribution in [2.24, 2.45) is 0 Å². The molecule has 0 atom stereocenters. The summed E-state index contributed by atoms with van der Waals surface area (Å²) in [5.41, 5.74) is -0.213. The minimum absolute atomic E-state index is 0.0846. The molecule has 1 aromatic carbocycles. The second kappa shape index (κ2) is 4.76. The van der Waals surface area contributed by atoms with Gasteiger partial charge >= 0.3 is 11.9 Å². The SMILES string of the molecule is CC1(C)OC(=O)C(=CNc2cc(O)ccc2O)C(=O)O1. The van der Waals surface area contributed by atoms with Crippen LogP contribution in [-0.4, -0.2) is 27.9 Å². The highest BCUT2D eigenvalue weighted by atomic mass is 16.7. The van der Waals surface area contributed by atoms with Crippen molar-refractivity contribution in [3.05, 3.63) is 30.0 Å². The van der Waals surface area contributed by atoms with Crippen LogP contribution in [0.25, 0.3) is 0 Å². The van der Waals surface area contributed by atoms with Crippen LogP contribution in [0.2, 0.25) is 0 Å². The molecule has 1 fully saturated rings. The van der Waals surface area contributed by atoms with Gasteiger partial charge in [-0.2, -0.15) is 0 Å². The maximum Gasteiger partial charge on any atom is 0.350 e. The summed E-state index contributed by atoms with van der Waals surface area (Å²) in [5.74, 6) is -3.22. The minimum atomic E-state index is -1.31. The van der Waals surface area contributed by atoms with Crippen LogP contribution in [0, 0.1) is 0 Å². The molecule has 7 nitrogen and oxygen atoms in total. The highest BCUT2D eigenvalue weighted by Crippen LogP contribution is 2.28. The molecule has 1 aromatic rings. The molecule has 0 amide bonds. The van der Waals surface area contributed by atoms with E-state index in [2.05, 4.69) is 5.32 Å². The summed E-state index contributed by atoms with van der Waals surface area (Å²) in [6.07, 6.45) is 1.05. The Balaban J connectivity index is 2.21. The largest absolute Gasteiger partial charge is 0.508 e. The van der Waals surface area contributed by atoms with Crippen LogP contribution >= 0.6 is 0 Å². The summed E-state index contributed by atoms with van der Waals surface area (Å²) in [7, 11) is 0. The van der Waals surface area contributed by atoms with E-state index in [4.69, 9.17) is 9.47 Å². The van der Waals surface area contributed by atoms with Crippen LogP contribution in [0.15, 0.2) is 30.0 Å². The third kappa shape index (κ3) is 2.82. The molecule has 7 heteroatoms. The van der Waals surface area contributed by atoms with Crippen molar-refractivity contribution in [3.8, 4) is 11.5 Å². The smallest absolute Gasteiger partial charge is 0.350 e. The minimum Gasteiger partial charge on any atom is -0.508 e. The Bertz CT molecular complexity index is 583. The van der Waals surface area contributed by atoms with Gasteiger partial charge in [0.1, 0.15) is 11.5 Å². The van der Waals surface area contributed by atoms with Crippen LogP contribution in [-0.2, 0) is 19.1 Å². The zero-order valence-electron chi connectivity index (χ0n) is 10.8. The van der Waals surface area contributed by atoms with Gasteiger partial charge in [-0.25, -0.2) is 9.59 Å². The summed E-state index contributed by atoms with van der Waals surface area (Å²) in [5, 5.41) is 21.4. The van der Waals surface area contributed by atoms with E-state index in [0.29, 0.717) is 0 Å². The molecule has 1 aliphatic heterocycles. The van der Waals surface area contributed by atoms with Gasteiger partial charge in [-0.1, -0.05) is 0 Å². The normalized spacial score (nSPS) is 17.2. The van der Waals surface area contributed by atoms with Gasteiger partial charge in [-0.15, -0.1) is 0 Å². The predicted molar refractivity (Wildman–Crippen MR) is 67.7 cm³/mol. The number of rotatable bonds is 2. The van der Waals surface area contributed by atoms with Gasteiger partial charge < -0.3 is 25.0 Å². The fourth-order valence-corrected chi connectivity index (χ4v) is 1.57. The van der Waals surface area contributed by atoms with Crippen LogP contribution in [0.4, 0.5) is 5.69 Å². The number of esters is 2. The first-order valence-electron chi connectivity index (χ1n) is 5.74. The number of carbonyl (C=O) groups is 2. The summed E-state index contributed by atoms with van der Waals surface area (Å²) in [4.78, 5) is 23.3. The Labute approximate surface area is 114 Å². The number of cyclic esters (lactones) is 2. The molecule has 0 aliphatic carbocycles. The van der Waals surface area contributed by atoms with E-state index < -0.39 is 17.7 Å². The lowest BCUT2D eigenvalue weighted by molar-refractivity contribution is -0.222. The number of aromatic hydroxyl groups is 2. The van der Waals surface area contributed by atoms with Crippen molar-refractivity contribution in [2.75, 3.05) is 5.32 Å². The monoisotopic (exact) mass is 279 g/mol. The first-order chi connectivity index (χ1) is 9.28. The van der Waals surface area contributed by atoms with Gasteiger partial charge in [0.05, 0.1) is 5.69 Å². The van der Waals surface area contributed by atoms with Crippen molar-refractivity contribution in [1.82, 2.24) is 0 Å². The van der Waals surface area contributed by atoms with Gasteiger partial charge in [0.25, 0.3) is 5.79 Å². The van der Waals surface area contributed by atoms with E-state index in [0.717, 1.165) is 6.20 Å². The maximum atomic E-state index is 11.7. The number of hydrogen-bond acceptors (Lipinski definition) is 7. The Morgan fingerprint density at radius 3 is 2.35 bits per heavy atom. The fraction of sp³-hybridized carbons (Fsp3) is 0.231. The molecule has 0 unspecified atom stereocenters. The van der Waals surface area contributed by atoms with Crippen molar-refractivity contribution in [3.63, 3.8) is 0 Å². The maximum absolute atomic E-state index is 11.7. The number of ether oxygens (including phenoxy) is 2. The molecule has 20 heavy (non-hydrogen) atoms. The lowest BCUT2D eigenvalue weighted by Crippen LogP contribution is -2.42. The van der Waals surface area contributed by atoms with E-state index >= 15 is 0 Å². The third-order valence-electron chi connectivity index (χ3n) is 2.47. The number of anilines is 1. The van der Waals surface area contributed by atoms with Crippen molar-refractivity contribution in [1.29, 1.82) is 0 Å². The van der Waals surface area contributed by atoms with Gasteiger partial charge in [-0.05, 0) is 12.1 Å². The molecule has 0 spiro atoms. The molecule has 1 aliphatic rings. The number of hydrogen-bond donors (Lipinski definition) is 3. The molecule has 2 rings (SSSR count). The summed E-state index contributed by atoms with van der Waals surface area (Å²) in [6.45, 7) is 2.88. The molecule has 0 aromatic heterocycles. The molecule has 0 radical (unpaired) electrons. The van der Waals surface area contributed by atoms with E-state index in [1.165, 1.54) is 32.0 Å². The Hall–Kier alpha value is -2.70. The van der Waals surface area contributed by atoms with Crippen LogP contribution in [0.5, 0.6) is 11.5 Å². The summed E-state index contributed by atoms with van der Waals surface area (Å²) < 4.78 is 9.79. The highest BCUT2D eigenvalue weighted by molar-refractivity contribution is 6.15. The van der Waals surface area contributed by atoms with Gasteiger partial charge in [0, 0.05) is 26.1 Å². The average molecular weight is 279 g/mol. The first kappa shape index (κ1) is 13.7. The molecule has 0 bridgehead atoms. The number of carbonyl (C=O) groups excluding carboxylic acids is 2. The molecule has 1 saturated heterocycles. The number of phenolic OH excluding ortho intramolecular Hbond substituents is 2. The van der Waals surface area contributed by atoms with Gasteiger partial charge in [0.15, 0.2) is 5.57 Å². The fourth-order valence-electron chi connectivity index (χ4n) is 1.57. The Morgan fingerprint density at radius 1 is 1.15 bits per heavy atom. The lowest BCUT2D eigenvalue weighted by Gasteiger charge is -2.29. The zero-order valence-corrected chi connectivity index (χ0v) is 10.8. The molecular formula is C13H13NO6. The third-order valence-corrected chi connectivity index (χ3v) is 2.47. The van der Waals surface area contributed by atoms with E-state index in [1.807, 2.05) is 0 Å². The average Bonchev–Trinajstić information content (AvgIpc) is 2.30. The Morgan fingerprint density at radius 2 is 1.75 bits per heavy atom. The molecular weight excluding hydrogens is 266 g/mol.